The van der Waals surface area contributed by atoms with Crippen molar-refractivity contribution in [2.45, 2.75) is 89.4 Å². The molecule has 0 saturated heterocycles. The number of hydrogen-bond donors (Lipinski definition) is 1. The number of allylic oxidation sites excluding steroid dienone is 1. The lowest BCUT2D eigenvalue weighted by Gasteiger charge is -2.32. The van der Waals surface area contributed by atoms with Gasteiger partial charge in [0.25, 0.3) is 0 Å². The lowest BCUT2D eigenvalue weighted by Crippen LogP contribution is -2.18. The van der Waals surface area contributed by atoms with Gasteiger partial charge < -0.3 is 5.11 Å². The zero-order valence-corrected chi connectivity index (χ0v) is 17.9. The first-order valence-corrected chi connectivity index (χ1v) is 11.8. The van der Waals surface area contributed by atoms with Crippen LogP contribution in [-0.2, 0) is 6.42 Å². The summed E-state index contributed by atoms with van der Waals surface area (Å²) >= 11 is 0. The standard InChI is InChI=1S/C26H38F2O/c1-2-3-4-19-5-7-20(8-6-19)9-10-21-11-13-22(14-12-21)23-17-25(27)24(15-16-29)26(28)18-23/h2,17-22,29H,1,3-16H2. The molecule has 2 aliphatic rings. The monoisotopic (exact) mass is 404 g/mol. The van der Waals surface area contributed by atoms with Gasteiger partial charge in [-0.15, -0.1) is 6.58 Å². The van der Waals surface area contributed by atoms with Gasteiger partial charge in [0.15, 0.2) is 0 Å². The Bertz CT molecular complexity index is 617. The van der Waals surface area contributed by atoms with Crippen LogP contribution in [0.5, 0.6) is 0 Å². The molecule has 29 heavy (non-hydrogen) atoms. The van der Waals surface area contributed by atoms with Crippen molar-refractivity contribution in [2.75, 3.05) is 6.61 Å². The molecule has 1 N–H and O–H groups in total. The van der Waals surface area contributed by atoms with Crippen LogP contribution in [0.1, 0.15) is 94.1 Å². The maximum absolute atomic E-state index is 14.2. The summed E-state index contributed by atoms with van der Waals surface area (Å²) in [6, 6.07) is 3.01. The Morgan fingerprint density at radius 1 is 0.828 bits per heavy atom. The minimum absolute atomic E-state index is 0.0177. The molecule has 3 rings (SSSR count). The first-order valence-electron chi connectivity index (χ1n) is 11.8. The topological polar surface area (TPSA) is 20.2 Å². The van der Waals surface area contributed by atoms with Crippen molar-refractivity contribution in [3.63, 3.8) is 0 Å². The van der Waals surface area contributed by atoms with E-state index in [9.17, 15) is 8.78 Å². The number of benzene rings is 1. The zero-order valence-electron chi connectivity index (χ0n) is 17.9. The van der Waals surface area contributed by atoms with Crippen LogP contribution >= 0.6 is 0 Å². The molecule has 0 atom stereocenters. The largest absolute Gasteiger partial charge is 0.396 e. The second-order valence-corrected chi connectivity index (χ2v) is 9.48. The molecule has 0 unspecified atom stereocenters. The van der Waals surface area contributed by atoms with Gasteiger partial charge >= 0.3 is 0 Å². The fourth-order valence-electron chi connectivity index (χ4n) is 5.63. The summed E-state index contributed by atoms with van der Waals surface area (Å²) in [5, 5.41) is 8.97. The first-order chi connectivity index (χ1) is 14.1. The van der Waals surface area contributed by atoms with E-state index >= 15 is 0 Å². The Hall–Kier alpha value is -1.22. The van der Waals surface area contributed by atoms with Crippen LogP contribution in [-0.4, -0.2) is 11.7 Å². The van der Waals surface area contributed by atoms with E-state index in [0.717, 1.165) is 42.6 Å². The van der Waals surface area contributed by atoms with Gasteiger partial charge in [-0.05, 0) is 79.9 Å². The molecule has 2 aliphatic carbocycles. The van der Waals surface area contributed by atoms with Crippen LogP contribution in [0.2, 0.25) is 0 Å². The smallest absolute Gasteiger partial charge is 0.129 e. The molecule has 0 amide bonds. The molecule has 162 valence electrons. The van der Waals surface area contributed by atoms with Crippen molar-refractivity contribution in [2.24, 2.45) is 17.8 Å². The molecule has 0 heterocycles. The van der Waals surface area contributed by atoms with Gasteiger partial charge in [0.1, 0.15) is 11.6 Å². The van der Waals surface area contributed by atoms with Gasteiger partial charge in [-0.3, -0.25) is 0 Å². The van der Waals surface area contributed by atoms with Crippen molar-refractivity contribution in [3.05, 3.63) is 47.5 Å². The van der Waals surface area contributed by atoms with E-state index in [1.165, 1.54) is 69.9 Å². The molecular weight excluding hydrogens is 366 g/mol. The normalized spacial score (nSPS) is 27.7. The summed E-state index contributed by atoms with van der Waals surface area (Å²) in [6.07, 6.45) is 17.3. The second kappa shape index (κ2) is 11.2. The fourth-order valence-corrected chi connectivity index (χ4v) is 5.63. The van der Waals surface area contributed by atoms with Crippen molar-refractivity contribution in [1.29, 1.82) is 0 Å². The number of hydrogen-bond acceptors (Lipinski definition) is 1. The van der Waals surface area contributed by atoms with Crippen molar-refractivity contribution in [1.82, 2.24) is 0 Å². The van der Waals surface area contributed by atoms with E-state index < -0.39 is 11.6 Å². The predicted molar refractivity (Wildman–Crippen MR) is 116 cm³/mol. The van der Waals surface area contributed by atoms with Crippen LogP contribution in [0.15, 0.2) is 24.8 Å². The number of aliphatic hydroxyl groups is 1. The summed E-state index contributed by atoms with van der Waals surface area (Å²) < 4.78 is 28.4. The molecule has 0 radical (unpaired) electrons. The Morgan fingerprint density at radius 2 is 1.31 bits per heavy atom. The minimum atomic E-state index is -0.500. The molecule has 1 aromatic rings. The third kappa shape index (κ3) is 6.38. The number of rotatable bonds is 9. The van der Waals surface area contributed by atoms with Crippen molar-refractivity contribution < 1.29 is 13.9 Å². The molecule has 0 bridgehead atoms. The molecule has 0 aliphatic heterocycles. The Kier molecular flexibility index (Phi) is 8.71. The maximum atomic E-state index is 14.2. The lowest BCUT2D eigenvalue weighted by atomic mass is 9.74. The highest BCUT2D eigenvalue weighted by Gasteiger charge is 2.26. The average molecular weight is 405 g/mol. The maximum Gasteiger partial charge on any atom is 0.129 e. The van der Waals surface area contributed by atoms with Gasteiger partial charge in [0.2, 0.25) is 0 Å². The van der Waals surface area contributed by atoms with Gasteiger partial charge in [0.05, 0.1) is 0 Å². The molecule has 2 saturated carbocycles. The Labute approximate surface area is 175 Å². The third-order valence-corrected chi connectivity index (χ3v) is 7.57. The average Bonchev–Trinajstić information content (AvgIpc) is 2.74. The molecule has 0 spiro atoms. The molecule has 3 heteroatoms. The van der Waals surface area contributed by atoms with Gasteiger partial charge in [0, 0.05) is 18.6 Å². The summed E-state index contributed by atoms with van der Waals surface area (Å²) in [5.41, 5.74) is 0.821. The lowest BCUT2D eigenvalue weighted by molar-refractivity contribution is 0.225. The SMILES string of the molecule is C=CCCC1CCC(CCC2CCC(c3cc(F)c(CCO)c(F)c3)CC2)CC1. The predicted octanol–water partition coefficient (Wildman–Crippen LogP) is 7.33. The second-order valence-electron chi connectivity index (χ2n) is 9.48. The van der Waals surface area contributed by atoms with Gasteiger partial charge in [-0.25, -0.2) is 8.78 Å². The highest BCUT2D eigenvalue weighted by molar-refractivity contribution is 5.29. The summed E-state index contributed by atoms with van der Waals surface area (Å²) in [5.74, 6) is 1.89. The molecule has 1 nitrogen and oxygen atoms in total. The van der Waals surface area contributed by atoms with Crippen LogP contribution in [0.25, 0.3) is 0 Å². The van der Waals surface area contributed by atoms with Crippen LogP contribution in [0, 0.1) is 29.4 Å². The fraction of sp³-hybridized carbons (Fsp3) is 0.692. The summed E-state index contributed by atoms with van der Waals surface area (Å²) in [4.78, 5) is 0. The van der Waals surface area contributed by atoms with Crippen LogP contribution in [0.4, 0.5) is 8.78 Å². The first kappa shape index (κ1) is 22.5. The van der Waals surface area contributed by atoms with Crippen LogP contribution < -0.4 is 0 Å². The van der Waals surface area contributed by atoms with E-state index in [4.69, 9.17) is 5.11 Å². The zero-order chi connectivity index (χ0) is 20.6. The van der Waals surface area contributed by atoms with E-state index in [0.29, 0.717) is 0 Å². The van der Waals surface area contributed by atoms with Gasteiger partial charge in [-0.1, -0.05) is 44.6 Å². The van der Waals surface area contributed by atoms with E-state index in [1.807, 2.05) is 0 Å². The molecule has 0 aromatic heterocycles. The summed E-state index contributed by atoms with van der Waals surface area (Å²) in [7, 11) is 0. The van der Waals surface area contributed by atoms with Crippen LogP contribution in [0.3, 0.4) is 0 Å². The van der Waals surface area contributed by atoms with Crippen molar-refractivity contribution in [3.8, 4) is 0 Å². The molecule has 2 fully saturated rings. The third-order valence-electron chi connectivity index (χ3n) is 7.57. The van der Waals surface area contributed by atoms with Crippen molar-refractivity contribution >= 4 is 0 Å². The quantitative estimate of drug-likeness (QED) is 0.427. The van der Waals surface area contributed by atoms with E-state index in [-0.39, 0.29) is 24.5 Å². The molecular formula is C26H38F2O. The number of halogens is 2. The highest BCUT2D eigenvalue weighted by atomic mass is 19.1. The Morgan fingerprint density at radius 3 is 1.79 bits per heavy atom. The van der Waals surface area contributed by atoms with Gasteiger partial charge in [-0.2, -0.15) is 0 Å². The van der Waals surface area contributed by atoms with E-state index in [2.05, 4.69) is 12.7 Å². The number of aliphatic hydroxyl groups excluding tert-OH is 1. The minimum Gasteiger partial charge on any atom is -0.396 e. The summed E-state index contributed by atoms with van der Waals surface area (Å²) in [6.45, 7) is 3.61. The highest BCUT2D eigenvalue weighted by Crippen LogP contribution is 2.40. The Balaban J connectivity index is 1.40. The molecule has 1 aromatic carbocycles. The van der Waals surface area contributed by atoms with E-state index in [1.54, 1.807) is 0 Å².